The van der Waals surface area contributed by atoms with Crippen molar-refractivity contribution in [2.24, 2.45) is 17.6 Å². The molecule has 1 saturated carbocycles. The van der Waals surface area contributed by atoms with E-state index in [1.807, 2.05) is 0 Å². The Kier molecular flexibility index (Phi) is 5.28. The Balaban J connectivity index is 1.98. The Morgan fingerprint density at radius 2 is 2.05 bits per heavy atom. The fraction of sp³-hybridized carbons (Fsp3) is 0.533. The summed E-state index contributed by atoms with van der Waals surface area (Å²) in [7, 11) is 0. The minimum absolute atomic E-state index is 0.00111. The average Bonchev–Trinajstić information content (AvgIpc) is 2.93. The van der Waals surface area contributed by atoms with Crippen molar-refractivity contribution >= 4 is 5.91 Å². The first-order valence-corrected chi connectivity index (χ1v) is 7.22. The largest absolute Gasteiger partial charge is 0.573 e. The molecule has 1 aromatic rings. The van der Waals surface area contributed by atoms with Crippen LogP contribution in [0.4, 0.5) is 13.2 Å². The van der Waals surface area contributed by atoms with E-state index in [4.69, 9.17) is 5.73 Å². The lowest BCUT2D eigenvalue weighted by Gasteiger charge is -2.18. The van der Waals surface area contributed by atoms with Crippen LogP contribution >= 0.6 is 0 Å². The predicted molar refractivity (Wildman–Crippen MR) is 74.9 cm³/mol. The number of halogens is 3. The Morgan fingerprint density at radius 3 is 2.73 bits per heavy atom. The van der Waals surface area contributed by atoms with Crippen LogP contribution in [0, 0.1) is 11.8 Å². The Labute approximate surface area is 126 Å². The number of rotatable bonds is 5. The lowest BCUT2D eigenvalue weighted by atomic mass is 9.95. The molecule has 4 nitrogen and oxygen atoms in total. The fourth-order valence-corrected chi connectivity index (χ4v) is 2.85. The third kappa shape index (κ3) is 4.37. The third-order valence-electron chi connectivity index (χ3n) is 3.95. The molecule has 1 aliphatic rings. The Bertz CT molecular complexity index is 520. The quantitative estimate of drug-likeness (QED) is 0.877. The first kappa shape index (κ1) is 16.6. The number of ether oxygens (including phenoxy) is 1. The van der Waals surface area contributed by atoms with E-state index in [0.717, 1.165) is 19.3 Å². The second-order valence-electron chi connectivity index (χ2n) is 5.41. The number of nitrogens with one attached hydrogen (secondary N) is 1. The van der Waals surface area contributed by atoms with Gasteiger partial charge in [-0.1, -0.05) is 24.6 Å². The number of amides is 1. The summed E-state index contributed by atoms with van der Waals surface area (Å²) in [4.78, 5) is 12.2. The van der Waals surface area contributed by atoms with Gasteiger partial charge in [0.1, 0.15) is 5.75 Å². The molecule has 1 aromatic carbocycles. The number of hydrogen-bond donors (Lipinski definition) is 2. The number of carbonyl (C=O) groups excluding carboxylic acids is 1. The van der Waals surface area contributed by atoms with Crippen molar-refractivity contribution in [3.05, 3.63) is 29.8 Å². The van der Waals surface area contributed by atoms with E-state index >= 15 is 0 Å². The van der Waals surface area contributed by atoms with E-state index in [0.29, 0.717) is 6.54 Å². The molecule has 3 N–H and O–H groups in total. The number of hydrogen-bond acceptors (Lipinski definition) is 3. The summed E-state index contributed by atoms with van der Waals surface area (Å²) in [5, 5.41) is 2.69. The summed E-state index contributed by atoms with van der Waals surface area (Å²) < 4.78 is 41.0. The molecule has 22 heavy (non-hydrogen) atoms. The van der Waals surface area contributed by atoms with Gasteiger partial charge in [-0.2, -0.15) is 0 Å². The zero-order valence-electron chi connectivity index (χ0n) is 12.0. The van der Waals surface area contributed by atoms with Gasteiger partial charge in [0.2, 0.25) is 5.91 Å². The molecule has 122 valence electrons. The molecule has 1 aliphatic carbocycles. The van der Waals surface area contributed by atoms with Gasteiger partial charge in [-0.3, -0.25) is 4.79 Å². The molecule has 7 heteroatoms. The van der Waals surface area contributed by atoms with Crippen LogP contribution in [-0.2, 0) is 11.3 Å². The van der Waals surface area contributed by atoms with E-state index < -0.39 is 6.36 Å². The number of benzene rings is 1. The number of alkyl halides is 3. The molecule has 2 atom stereocenters. The van der Waals surface area contributed by atoms with Gasteiger partial charge in [-0.25, -0.2) is 0 Å². The molecule has 0 aliphatic heterocycles. The smallest absolute Gasteiger partial charge is 0.405 e. The molecule has 0 spiro atoms. The predicted octanol–water partition coefficient (Wildman–Crippen LogP) is 2.58. The minimum atomic E-state index is -4.75. The molecular formula is C15H19F3N2O2. The second-order valence-corrected chi connectivity index (χ2v) is 5.41. The Morgan fingerprint density at radius 1 is 1.32 bits per heavy atom. The van der Waals surface area contributed by atoms with Crippen LogP contribution in [-0.4, -0.2) is 18.8 Å². The van der Waals surface area contributed by atoms with Gasteiger partial charge in [0.25, 0.3) is 0 Å². The van der Waals surface area contributed by atoms with Crippen molar-refractivity contribution in [2.45, 2.75) is 32.2 Å². The highest BCUT2D eigenvalue weighted by molar-refractivity contribution is 5.79. The highest BCUT2D eigenvalue weighted by Crippen LogP contribution is 2.31. The normalized spacial score (nSPS) is 21.6. The molecule has 1 amide bonds. The van der Waals surface area contributed by atoms with E-state index in [1.165, 1.54) is 18.2 Å². The van der Waals surface area contributed by atoms with Gasteiger partial charge in [-0.05, 0) is 31.4 Å². The molecule has 0 radical (unpaired) electrons. The molecule has 0 saturated heterocycles. The zero-order valence-corrected chi connectivity index (χ0v) is 12.0. The van der Waals surface area contributed by atoms with Gasteiger partial charge in [0.15, 0.2) is 0 Å². The van der Waals surface area contributed by atoms with Crippen molar-refractivity contribution in [1.82, 2.24) is 5.32 Å². The first-order chi connectivity index (χ1) is 10.4. The van der Waals surface area contributed by atoms with E-state index in [1.54, 1.807) is 6.07 Å². The molecule has 2 rings (SSSR count). The summed E-state index contributed by atoms with van der Waals surface area (Å²) in [5.41, 5.74) is 5.93. The van der Waals surface area contributed by atoms with E-state index in [9.17, 15) is 18.0 Å². The SMILES string of the molecule is NC[C@H]1CCC[C@H]1C(=O)NCc1ccccc1OC(F)(F)F. The summed E-state index contributed by atoms with van der Waals surface area (Å²) in [6.45, 7) is 0.449. The molecule has 0 bridgehead atoms. The molecule has 0 unspecified atom stereocenters. The topological polar surface area (TPSA) is 64.4 Å². The summed E-state index contributed by atoms with van der Waals surface area (Å²) >= 11 is 0. The Hall–Kier alpha value is -1.76. The summed E-state index contributed by atoms with van der Waals surface area (Å²) in [6, 6.07) is 5.78. The number of carbonyl (C=O) groups is 1. The maximum atomic E-state index is 12.3. The molecule has 0 aromatic heterocycles. The molecule has 0 heterocycles. The monoisotopic (exact) mass is 316 g/mol. The van der Waals surface area contributed by atoms with Gasteiger partial charge < -0.3 is 15.8 Å². The second kappa shape index (κ2) is 7.00. The molecule has 1 fully saturated rings. The van der Waals surface area contributed by atoms with Crippen molar-refractivity contribution < 1.29 is 22.7 Å². The summed E-state index contributed by atoms with van der Waals surface area (Å²) in [5.74, 6) is -0.450. The zero-order chi connectivity index (χ0) is 16.2. The molecular weight excluding hydrogens is 297 g/mol. The van der Waals surface area contributed by atoms with Crippen LogP contribution < -0.4 is 15.8 Å². The van der Waals surface area contributed by atoms with E-state index in [2.05, 4.69) is 10.1 Å². The third-order valence-corrected chi connectivity index (χ3v) is 3.95. The minimum Gasteiger partial charge on any atom is -0.405 e. The van der Waals surface area contributed by atoms with Gasteiger partial charge in [0, 0.05) is 18.0 Å². The maximum Gasteiger partial charge on any atom is 0.573 e. The van der Waals surface area contributed by atoms with Crippen LogP contribution in [0.3, 0.4) is 0 Å². The summed E-state index contributed by atoms with van der Waals surface area (Å²) in [6.07, 6.45) is -2.11. The van der Waals surface area contributed by atoms with Crippen molar-refractivity contribution in [3.8, 4) is 5.75 Å². The lowest BCUT2D eigenvalue weighted by Crippen LogP contribution is -2.34. The van der Waals surface area contributed by atoms with Crippen LogP contribution in [0.15, 0.2) is 24.3 Å². The number of para-hydroxylation sites is 1. The van der Waals surface area contributed by atoms with Crippen LogP contribution in [0.1, 0.15) is 24.8 Å². The standard InChI is InChI=1S/C15H19F3N2O2/c16-15(17,18)22-13-7-2-1-4-11(13)9-20-14(21)12-6-3-5-10(12)8-19/h1-2,4,7,10,12H,3,5-6,8-9,19H2,(H,20,21)/t10-,12-/m1/s1. The van der Waals surface area contributed by atoms with Crippen LogP contribution in [0.5, 0.6) is 5.75 Å². The van der Waals surface area contributed by atoms with Crippen molar-refractivity contribution in [3.63, 3.8) is 0 Å². The van der Waals surface area contributed by atoms with Crippen molar-refractivity contribution in [1.29, 1.82) is 0 Å². The lowest BCUT2D eigenvalue weighted by molar-refractivity contribution is -0.274. The van der Waals surface area contributed by atoms with Gasteiger partial charge >= 0.3 is 6.36 Å². The fourth-order valence-electron chi connectivity index (χ4n) is 2.85. The van der Waals surface area contributed by atoms with Crippen LogP contribution in [0.2, 0.25) is 0 Å². The highest BCUT2D eigenvalue weighted by Gasteiger charge is 2.33. The number of nitrogens with two attached hydrogens (primary N) is 1. The van der Waals surface area contributed by atoms with Gasteiger partial charge in [0.05, 0.1) is 0 Å². The van der Waals surface area contributed by atoms with Crippen molar-refractivity contribution in [2.75, 3.05) is 6.54 Å². The first-order valence-electron chi connectivity index (χ1n) is 7.22. The van der Waals surface area contributed by atoms with E-state index in [-0.39, 0.29) is 35.6 Å². The van der Waals surface area contributed by atoms with Crippen LogP contribution in [0.25, 0.3) is 0 Å². The maximum absolute atomic E-state index is 12.3. The average molecular weight is 316 g/mol. The van der Waals surface area contributed by atoms with Gasteiger partial charge in [-0.15, -0.1) is 13.2 Å². The highest BCUT2D eigenvalue weighted by atomic mass is 19.4.